The van der Waals surface area contributed by atoms with Crippen LogP contribution in [0.3, 0.4) is 0 Å². The van der Waals surface area contributed by atoms with E-state index in [9.17, 15) is 9.59 Å². The van der Waals surface area contributed by atoms with E-state index in [1.807, 2.05) is 31.2 Å². The number of amides is 2. The van der Waals surface area contributed by atoms with Crippen molar-refractivity contribution in [3.05, 3.63) is 59.7 Å². The molecule has 2 aromatic carbocycles. The van der Waals surface area contributed by atoms with Gasteiger partial charge in [-0.15, -0.1) is 0 Å². The second kappa shape index (κ2) is 9.14. The third-order valence-electron chi connectivity index (χ3n) is 3.26. The van der Waals surface area contributed by atoms with E-state index in [-0.39, 0.29) is 25.0 Å². The van der Waals surface area contributed by atoms with Gasteiger partial charge in [0.05, 0.1) is 6.54 Å². The number of nitrogens with one attached hydrogen (secondary N) is 2. The minimum Gasteiger partial charge on any atom is -0.484 e. The molecule has 0 aromatic heterocycles. The van der Waals surface area contributed by atoms with Crippen molar-refractivity contribution in [2.45, 2.75) is 13.8 Å². The number of rotatable bonds is 5. The number of ether oxygens (including phenoxy) is 1. The fourth-order valence-electron chi connectivity index (χ4n) is 2.04. The van der Waals surface area contributed by atoms with Crippen LogP contribution in [0.2, 0.25) is 0 Å². The Labute approximate surface area is 147 Å². The van der Waals surface area contributed by atoms with Crippen molar-refractivity contribution in [3.8, 4) is 17.6 Å². The summed E-state index contributed by atoms with van der Waals surface area (Å²) in [6, 6.07) is 14.7. The van der Waals surface area contributed by atoms with Gasteiger partial charge in [0.15, 0.2) is 6.61 Å². The maximum absolute atomic E-state index is 11.7. The largest absolute Gasteiger partial charge is 0.484 e. The lowest BCUT2D eigenvalue weighted by molar-refractivity contribution is -0.122. The van der Waals surface area contributed by atoms with Crippen LogP contribution in [0, 0.1) is 18.8 Å². The molecular formula is C20H20N2O3. The van der Waals surface area contributed by atoms with Crippen molar-refractivity contribution in [2.24, 2.45) is 0 Å². The number of para-hydroxylation sites is 1. The number of hydrogen-bond donors (Lipinski definition) is 2. The SMILES string of the molecule is CC(=O)Nc1ccc(C#CCNC(=O)COc2ccccc2C)cc1. The van der Waals surface area contributed by atoms with Crippen molar-refractivity contribution >= 4 is 17.5 Å². The highest BCUT2D eigenvalue weighted by molar-refractivity contribution is 5.88. The summed E-state index contributed by atoms with van der Waals surface area (Å²) >= 11 is 0. The highest BCUT2D eigenvalue weighted by Crippen LogP contribution is 2.15. The molecule has 0 aliphatic rings. The lowest BCUT2D eigenvalue weighted by Crippen LogP contribution is -2.29. The van der Waals surface area contributed by atoms with Gasteiger partial charge in [-0.3, -0.25) is 9.59 Å². The fourth-order valence-corrected chi connectivity index (χ4v) is 2.04. The zero-order valence-corrected chi connectivity index (χ0v) is 14.3. The van der Waals surface area contributed by atoms with Gasteiger partial charge in [-0.1, -0.05) is 30.0 Å². The van der Waals surface area contributed by atoms with Crippen molar-refractivity contribution in [3.63, 3.8) is 0 Å². The zero-order chi connectivity index (χ0) is 18.1. The van der Waals surface area contributed by atoms with E-state index in [0.717, 1.165) is 16.8 Å². The molecule has 25 heavy (non-hydrogen) atoms. The Hall–Kier alpha value is -3.26. The normalized spacial score (nSPS) is 9.52. The van der Waals surface area contributed by atoms with Crippen LogP contribution < -0.4 is 15.4 Å². The van der Waals surface area contributed by atoms with E-state index < -0.39 is 0 Å². The van der Waals surface area contributed by atoms with Gasteiger partial charge in [-0.05, 0) is 42.8 Å². The predicted octanol–water partition coefficient (Wildman–Crippen LogP) is 2.50. The molecule has 5 nitrogen and oxygen atoms in total. The standard InChI is InChI=1S/C20H20N2O3/c1-15-6-3-4-8-19(15)25-14-20(24)21-13-5-7-17-9-11-18(12-10-17)22-16(2)23/h3-4,6,8-12H,13-14H2,1-2H3,(H,21,24)(H,22,23). The van der Waals surface area contributed by atoms with Crippen LogP contribution in [0.4, 0.5) is 5.69 Å². The number of benzene rings is 2. The Morgan fingerprint density at radius 2 is 1.80 bits per heavy atom. The van der Waals surface area contributed by atoms with E-state index in [4.69, 9.17) is 4.74 Å². The first kappa shape index (κ1) is 18.1. The smallest absolute Gasteiger partial charge is 0.258 e. The van der Waals surface area contributed by atoms with Gasteiger partial charge in [0.1, 0.15) is 5.75 Å². The highest BCUT2D eigenvalue weighted by atomic mass is 16.5. The number of hydrogen-bond acceptors (Lipinski definition) is 3. The Balaban J connectivity index is 1.75. The first-order valence-electron chi connectivity index (χ1n) is 7.86. The van der Waals surface area contributed by atoms with Gasteiger partial charge < -0.3 is 15.4 Å². The fraction of sp³-hybridized carbons (Fsp3) is 0.200. The number of anilines is 1. The summed E-state index contributed by atoms with van der Waals surface area (Å²) in [6.45, 7) is 3.58. The quantitative estimate of drug-likeness (QED) is 0.825. The molecule has 0 atom stereocenters. The van der Waals surface area contributed by atoms with Crippen molar-refractivity contribution in [1.82, 2.24) is 5.32 Å². The van der Waals surface area contributed by atoms with Crippen molar-refractivity contribution in [2.75, 3.05) is 18.5 Å². The second-order valence-corrected chi connectivity index (χ2v) is 5.39. The predicted molar refractivity (Wildman–Crippen MR) is 97.3 cm³/mol. The lowest BCUT2D eigenvalue weighted by atomic mass is 10.2. The first-order chi connectivity index (χ1) is 12.0. The number of carbonyl (C=O) groups excluding carboxylic acids is 2. The Morgan fingerprint density at radius 1 is 1.08 bits per heavy atom. The summed E-state index contributed by atoms with van der Waals surface area (Å²) in [5.74, 6) is 6.18. The molecule has 2 rings (SSSR count). The third-order valence-corrected chi connectivity index (χ3v) is 3.26. The van der Waals surface area contributed by atoms with Crippen LogP contribution in [0.25, 0.3) is 0 Å². The Bertz CT molecular complexity index is 802. The van der Waals surface area contributed by atoms with E-state index in [1.165, 1.54) is 6.92 Å². The maximum atomic E-state index is 11.7. The molecule has 2 amide bonds. The first-order valence-corrected chi connectivity index (χ1v) is 7.86. The van der Waals surface area contributed by atoms with Crippen LogP contribution in [-0.2, 0) is 9.59 Å². The molecule has 0 aliphatic heterocycles. The van der Waals surface area contributed by atoms with E-state index >= 15 is 0 Å². The molecule has 2 N–H and O–H groups in total. The van der Waals surface area contributed by atoms with Crippen LogP contribution in [0.1, 0.15) is 18.1 Å². The van der Waals surface area contributed by atoms with Gasteiger partial charge in [0.25, 0.3) is 5.91 Å². The molecule has 5 heteroatoms. The molecule has 2 aromatic rings. The molecule has 0 radical (unpaired) electrons. The molecule has 0 unspecified atom stereocenters. The lowest BCUT2D eigenvalue weighted by Gasteiger charge is -2.07. The van der Waals surface area contributed by atoms with Crippen molar-refractivity contribution < 1.29 is 14.3 Å². The molecule has 0 saturated heterocycles. The van der Waals surface area contributed by atoms with Crippen LogP contribution in [0.15, 0.2) is 48.5 Å². The summed E-state index contributed by atoms with van der Waals surface area (Å²) in [5, 5.41) is 5.37. The topological polar surface area (TPSA) is 67.4 Å². The van der Waals surface area contributed by atoms with E-state index in [1.54, 1.807) is 24.3 Å². The third kappa shape index (κ3) is 6.40. The molecule has 0 saturated carbocycles. The highest BCUT2D eigenvalue weighted by Gasteiger charge is 2.02. The monoisotopic (exact) mass is 336 g/mol. The summed E-state index contributed by atoms with van der Waals surface area (Å²) in [5.41, 5.74) is 2.51. The number of aryl methyl sites for hydroxylation is 1. The summed E-state index contributed by atoms with van der Waals surface area (Å²) in [7, 11) is 0. The summed E-state index contributed by atoms with van der Waals surface area (Å²) in [4.78, 5) is 22.7. The van der Waals surface area contributed by atoms with Crippen LogP contribution in [-0.4, -0.2) is 25.0 Å². The van der Waals surface area contributed by atoms with Crippen LogP contribution >= 0.6 is 0 Å². The molecular weight excluding hydrogens is 316 g/mol. The maximum Gasteiger partial charge on any atom is 0.258 e. The molecule has 0 fully saturated rings. The average molecular weight is 336 g/mol. The van der Waals surface area contributed by atoms with Gasteiger partial charge in [0, 0.05) is 18.2 Å². The zero-order valence-electron chi connectivity index (χ0n) is 14.3. The second-order valence-electron chi connectivity index (χ2n) is 5.39. The van der Waals surface area contributed by atoms with Crippen molar-refractivity contribution in [1.29, 1.82) is 0 Å². The molecule has 0 heterocycles. The van der Waals surface area contributed by atoms with Gasteiger partial charge >= 0.3 is 0 Å². The Morgan fingerprint density at radius 3 is 2.48 bits per heavy atom. The van der Waals surface area contributed by atoms with E-state index in [2.05, 4.69) is 22.5 Å². The number of carbonyl (C=O) groups is 2. The minimum atomic E-state index is -0.224. The average Bonchev–Trinajstić information content (AvgIpc) is 2.59. The van der Waals surface area contributed by atoms with Gasteiger partial charge in [-0.2, -0.15) is 0 Å². The Kier molecular flexibility index (Phi) is 6.61. The van der Waals surface area contributed by atoms with Gasteiger partial charge in [-0.25, -0.2) is 0 Å². The molecule has 128 valence electrons. The summed E-state index contributed by atoms with van der Waals surface area (Å²) in [6.07, 6.45) is 0. The summed E-state index contributed by atoms with van der Waals surface area (Å²) < 4.78 is 5.46. The molecule has 0 spiro atoms. The van der Waals surface area contributed by atoms with E-state index in [0.29, 0.717) is 5.75 Å². The van der Waals surface area contributed by atoms with Gasteiger partial charge in [0.2, 0.25) is 5.91 Å². The minimum absolute atomic E-state index is 0.0437. The van der Waals surface area contributed by atoms with Crippen LogP contribution in [0.5, 0.6) is 5.75 Å². The molecule has 0 aliphatic carbocycles. The molecule has 0 bridgehead atoms.